The van der Waals surface area contributed by atoms with Crippen molar-refractivity contribution in [2.75, 3.05) is 0 Å². The van der Waals surface area contributed by atoms with Crippen LogP contribution in [0.4, 0.5) is 5.69 Å². The summed E-state index contributed by atoms with van der Waals surface area (Å²) in [6.45, 7) is 2.13. The lowest BCUT2D eigenvalue weighted by Gasteiger charge is -2.32. The number of non-ortho nitro benzene ring substituents is 1. The minimum absolute atomic E-state index is 0.0334. The summed E-state index contributed by atoms with van der Waals surface area (Å²) >= 11 is 0. The predicted molar refractivity (Wildman–Crippen MR) is 78.0 cm³/mol. The van der Waals surface area contributed by atoms with Crippen LogP contribution in [0, 0.1) is 16.0 Å². The Bertz CT molecular complexity index is 515. The first-order valence-electron chi connectivity index (χ1n) is 7.22. The van der Waals surface area contributed by atoms with Crippen molar-refractivity contribution in [1.29, 1.82) is 0 Å². The highest BCUT2D eigenvalue weighted by Gasteiger charge is 2.28. The molecule has 2 N–H and O–H groups in total. The Balaban J connectivity index is 2.14. The number of nitrogens with zero attached hydrogens (tertiary/aromatic N) is 1. The normalized spacial score (nSPS) is 23.5. The molecule has 1 aromatic carbocycles. The van der Waals surface area contributed by atoms with Gasteiger partial charge in [0, 0.05) is 18.2 Å². The first-order valence-corrected chi connectivity index (χ1v) is 7.22. The molecule has 1 aromatic rings. The minimum Gasteiger partial charge on any atom is -0.480 e. The quantitative estimate of drug-likeness (QED) is 0.643. The van der Waals surface area contributed by atoms with Gasteiger partial charge in [-0.05, 0) is 24.3 Å². The molecule has 0 aliphatic heterocycles. The van der Waals surface area contributed by atoms with Crippen LogP contribution in [0.1, 0.15) is 44.2 Å². The second-order valence-corrected chi connectivity index (χ2v) is 5.65. The second kappa shape index (κ2) is 6.67. The molecule has 0 amide bonds. The van der Waals surface area contributed by atoms with Gasteiger partial charge in [0.1, 0.15) is 6.04 Å². The van der Waals surface area contributed by atoms with Crippen molar-refractivity contribution in [3.63, 3.8) is 0 Å². The van der Waals surface area contributed by atoms with E-state index in [0.29, 0.717) is 11.5 Å². The van der Waals surface area contributed by atoms with E-state index in [-0.39, 0.29) is 11.7 Å². The molecule has 21 heavy (non-hydrogen) atoms. The fraction of sp³-hybridized carbons (Fsp3) is 0.533. The molecule has 114 valence electrons. The van der Waals surface area contributed by atoms with Crippen molar-refractivity contribution in [2.45, 2.75) is 44.7 Å². The fourth-order valence-electron chi connectivity index (χ4n) is 2.88. The molecule has 0 saturated heterocycles. The van der Waals surface area contributed by atoms with E-state index < -0.39 is 16.9 Å². The van der Waals surface area contributed by atoms with Gasteiger partial charge in [0.25, 0.3) is 5.69 Å². The number of carboxylic acid groups (broad SMARTS) is 1. The Morgan fingerprint density at radius 1 is 1.33 bits per heavy atom. The molecule has 1 aliphatic rings. The predicted octanol–water partition coefficient (Wildman–Crippen LogP) is 2.89. The Morgan fingerprint density at radius 2 is 1.95 bits per heavy atom. The zero-order chi connectivity index (χ0) is 15.4. The van der Waals surface area contributed by atoms with Gasteiger partial charge >= 0.3 is 5.97 Å². The van der Waals surface area contributed by atoms with Crippen molar-refractivity contribution in [2.24, 2.45) is 5.92 Å². The smallest absolute Gasteiger partial charge is 0.325 e. The Hall–Kier alpha value is -1.95. The topological polar surface area (TPSA) is 92.5 Å². The Kier molecular flexibility index (Phi) is 4.90. The van der Waals surface area contributed by atoms with Gasteiger partial charge in [0.2, 0.25) is 0 Å². The van der Waals surface area contributed by atoms with Gasteiger partial charge < -0.3 is 5.11 Å². The van der Waals surface area contributed by atoms with E-state index in [9.17, 15) is 20.0 Å². The summed E-state index contributed by atoms with van der Waals surface area (Å²) in [5, 5.41) is 23.3. The fourth-order valence-corrected chi connectivity index (χ4v) is 2.88. The first-order chi connectivity index (χ1) is 9.99. The van der Waals surface area contributed by atoms with Crippen molar-refractivity contribution in [1.82, 2.24) is 5.32 Å². The van der Waals surface area contributed by atoms with Crippen LogP contribution in [-0.4, -0.2) is 22.0 Å². The Morgan fingerprint density at radius 3 is 2.48 bits per heavy atom. The van der Waals surface area contributed by atoms with Crippen molar-refractivity contribution < 1.29 is 14.8 Å². The zero-order valence-electron chi connectivity index (χ0n) is 12.0. The van der Waals surface area contributed by atoms with Crippen LogP contribution in [0.2, 0.25) is 0 Å². The number of benzene rings is 1. The molecule has 0 radical (unpaired) electrons. The van der Waals surface area contributed by atoms with Crippen LogP contribution in [-0.2, 0) is 4.79 Å². The number of hydrogen-bond donors (Lipinski definition) is 2. The number of rotatable bonds is 5. The van der Waals surface area contributed by atoms with E-state index >= 15 is 0 Å². The Labute approximate surface area is 123 Å². The minimum atomic E-state index is -0.957. The molecule has 3 atom stereocenters. The molecule has 3 unspecified atom stereocenters. The third kappa shape index (κ3) is 3.78. The molecular weight excluding hydrogens is 272 g/mol. The third-order valence-corrected chi connectivity index (χ3v) is 4.18. The standard InChI is InChI=1S/C15H20N2O4/c1-10-4-2-3-5-13(10)16-14(15(18)19)11-6-8-12(9-7-11)17(20)21/h6-10,13-14,16H,2-5H2,1H3,(H,18,19). The number of nitrogens with one attached hydrogen (secondary N) is 1. The van der Waals surface area contributed by atoms with Crippen molar-refractivity contribution in [3.8, 4) is 0 Å². The number of carbonyl (C=O) groups is 1. The highest BCUT2D eigenvalue weighted by Crippen LogP contribution is 2.27. The maximum atomic E-state index is 11.5. The lowest BCUT2D eigenvalue weighted by Crippen LogP contribution is -2.42. The molecule has 0 aromatic heterocycles. The third-order valence-electron chi connectivity index (χ3n) is 4.18. The summed E-state index contributed by atoms with van der Waals surface area (Å²) in [4.78, 5) is 21.7. The molecule has 0 spiro atoms. The van der Waals surface area contributed by atoms with Crippen LogP contribution >= 0.6 is 0 Å². The summed E-state index contributed by atoms with van der Waals surface area (Å²) in [6.07, 6.45) is 4.37. The largest absolute Gasteiger partial charge is 0.480 e. The van der Waals surface area contributed by atoms with Gasteiger partial charge in [0.05, 0.1) is 4.92 Å². The van der Waals surface area contributed by atoms with Gasteiger partial charge in [0.15, 0.2) is 0 Å². The van der Waals surface area contributed by atoms with E-state index in [4.69, 9.17) is 0 Å². The van der Waals surface area contributed by atoms with Crippen LogP contribution in [0.5, 0.6) is 0 Å². The average Bonchev–Trinajstić information content (AvgIpc) is 2.46. The SMILES string of the molecule is CC1CCCCC1NC(C(=O)O)c1ccc([N+](=O)[O-])cc1. The molecule has 1 fully saturated rings. The molecule has 1 saturated carbocycles. The van der Waals surface area contributed by atoms with Crippen molar-refractivity contribution in [3.05, 3.63) is 39.9 Å². The van der Waals surface area contributed by atoms with Gasteiger partial charge in [-0.25, -0.2) is 0 Å². The van der Waals surface area contributed by atoms with E-state index in [1.807, 2.05) is 0 Å². The van der Waals surface area contributed by atoms with Crippen LogP contribution < -0.4 is 5.32 Å². The zero-order valence-corrected chi connectivity index (χ0v) is 12.0. The van der Waals surface area contributed by atoms with Crippen molar-refractivity contribution >= 4 is 11.7 Å². The van der Waals surface area contributed by atoms with E-state index in [1.54, 1.807) is 0 Å². The number of aliphatic carboxylic acids is 1. The van der Waals surface area contributed by atoms with Crippen LogP contribution in [0.3, 0.4) is 0 Å². The highest BCUT2D eigenvalue weighted by atomic mass is 16.6. The van der Waals surface area contributed by atoms with E-state index in [2.05, 4.69) is 12.2 Å². The van der Waals surface area contributed by atoms with E-state index in [0.717, 1.165) is 19.3 Å². The lowest BCUT2D eigenvalue weighted by atomic mass is 9.85. The van der Waals surface area contributed by atoms with Crippen LogP contribution in [0.15, 0.2) is 24.3 Å². The van der Waals surface area contributed by atoms with Gasteiger partial charge in [-0.1, -0.05) is 31.9 Å². The summed E-state index contributed by atoms with van der Waals surface area (Å²) in [5.74, 6) is -0.514. The second-order valence-electron chi connectivity index (χ2n) is 5.65. The summed E-state index contributed by atoms with van der Waals surface area (Å²) in [6, 6.07) is 5.06. The van der Waals surface area contributed by atoms with Gasteiger partial charge in [-0.15, -0.1) is 0 Å². The molecule has 0 bridgehead atoms. The highest BCUT2D eigenvalue weighted by molar-refractivity contribution is 5.75. The molecule has 0 heterocycles. The number of hydrogen-bond acceptors (Lipinski definition) is 4. The summed E-state index contributed by atoms with van der Waals surface area (Å²) in [5.41, 5.74) is 0.514. The number of nitro benzene ring substituents is 1. The molecular formula is C15H20N2O4. The maximum absolute atomic E-state index is 11.5. The summed E-state index contributed by atoms with van der Waals surface area (Å²) < 4.78 is 0. The molecule has 6 heteroatoms. The van der Waals surface area contributed by atoms with Gasteiger partial charge in [-0.2, -0.15) is 0 Å². The number of nitro groups is 1. The number of carboxylic acids is 1. The average molecular weight is 292 g/mol. The van der Waals surface area contributed by atoms with Crippen LogP contribution in [0.25, 0.3) is 0 Å². The summed E-state index contributed by atoms with van der Waals surface area (Å²) in [7, 11) is 0. The molecule has 6 nitrogen and oxygen atoms in total. The first kappa shape index (κ1) is 15.4. The van der Waals surface area contributed by atoms with E-state index in [1.165, 1.54) is 30.7 Å². The monoisotopic (exact) mass is 292 g/mol. The molecule has 2 rings (SSSR count). The maximum Gasteiger partial charge on any atom is 0.325 e. The lowest BCUT2D eigenvalue weighted by molar-refractivity contribution is -0.384. The van der Waals surface area contributed by atoms with Gasteiger partial charge in [-0.3, -0.25) is 20.2 Å². The molecule has 1 aliphatic carbocycles.